The van der Waals surface area contributed by atoms with E-state index in [-0.39, 0.29) is 31.1 Å². The Morgan fingerprint density at radius 1 is 1.00 bits per heavy atom. The Morgan fingerprint density at radius 2 is 1.64 bits per heavy atom. The summed E-state index contributed by atoms with van der Waals surface area (Å²) in [4.78, 5) is 37.3. The van der Waals surface area contributed by atoms with Crippen LogP contribution < -0.4 is 10.6 Å². The first-order chi connectivity index (χ1) is 13.5. The Bertz CT molecular complexity index is 673. The molecule has 0 aromatic heterocycles. The van der Waals surface area contributed by atoms with E-state index in [0.717, 1.165) is 37.5 Å². The molecule has 0 aromatic carbocycles. The topological polar surface area (TPSA) is 93.7 Å². The highest BCUT2D eigenvalue weighted by Crippen LogP contribution is 2.56. The molecule has 154 valence electrons. The van der Waals surface area contributed by atoms with E-state index in [0.29, 0.717) is 29.5 Å². The van der Waals surface area contributed by atoms with Crippen LogP contribution in [0.1, 0.15) is 52.4 Å². The van der Waals surface area contributed by atoms with Gasteiger partial charge in [-0.05, 0) is 69.1 Å². The molecular weight excluding hydrogens is 360 g/mol. The van der Waals surface area contributed by atoms with Gasteiger partial charge in [0.25, 0.3) is 0 Å². The maximum absolute atomic E-state index is 12.9. The quantitative estimate of drug-likeness (QED) is 0.680. The lowest BCUT2D eigenvalue weighted by atomic mass is 9.52. The minimum Gasteiger partial charge on any atom is -0.463 e. The molecule has 2 N–H and O–H groups in total. The molecular formula is C21H30N2O5. The molecule has 0 unspecified atom stereocenters. The van der Waals surface area contributed by atoms with Crippen molar-refractivity contribution in [1.29, 1.82) is 0 Å². The van der Waals surface area contributed by atoms with Crippen molar-refractivity contribution in [3.63, 3.8) is 0 Å². The summed E-state index contributed by atoms with van der Waals surface area (Å²) in [5.74, 6) is 1.77. The van der Waals surface area contributed by atoms with Crippen LogP contribution in [0.25, 0.3) is 0 Å². The first-order valence-electron chi connectivity index (χ1n) is 10.6. The van der Waals surface area contributed by atoms with Crippen molar-refractivity contribution < 1.29 is 23.9 Å². The molecule has 28 heavy (non-hydrogen) atoms. The van der Waals surface area contributed by atoms with Crippen molar-refractivity contribution in [1.82, 2.24) is 10.6 Å². The van der Waals surface area contributed by atoms with E-state index >= 15 is 0 Å². The van der Waals surface area contributed by atoms with Crippen LogP contribution in [0.2, 0.25) is 0 Å². The summed E-state index contributed by atoms with van der Waals surface area (Å²) in [5.41, 5.74) is 0.688. The molecule has 4 saturated carbocycles. The number of hydrogen-bond acceptors (Lipinski definition) is 5. The molecule has 0 aromatic rings. The fourth-order valence-corrected chi connectivity index (χ4v) is 6.13. The first kappa shape index (κ1) is 19.3. The molecule has 1 atom stereocenters. The second-order valence-electron chi connectivity index (χ2n) is 8.74. The summed E-state index contributed by atoms with van der Waals surface area (Å²) in [7, 11) is 0. The third-order valence-corrected chi connectivity index (χ3v) is 7.00. The van der Waals surface area contributed by atoms with Crippen LogP contribution in [0.3, 0.4) is 0 Å². The summed E-state index contributed by atoms with van der Waals surface area (Å²) >= 11 is 0. The van der Waals surface area contributed by atoms with E-state index in [1.54, 1.807) is 6.92 Å². The van der Waals surface area contributed by atoms with E-state index in [1.807, 2.05) is 6.92 Å². The van der Waals surface area contributed by atoms with Gasteiger partial charge in [-0.15, -0.1) is 0 Å². The van der Waals surface area contributed by atoms with Crippen molar-refractivity contribution in [2.45, 2.75) is 58.4 Å². The lowest BCUT2D eigenvalue weighted by molar-refractivity contribution is -0.161. The number of carbonyl (C=O) groups is 3. The van der Waals surface area contributed by atoms with Gasteiger partial charge in [-0.1, -0.05) is 6.92 Å². The van der Waals surface area contributed by atoms with Crippen molar-refractivity contribution in [3.05, 3.63) is 11.3 Å². The van der Waals surface area contributed by atoms with Gasteiger partial charge in [0.2, 0.25) is 0 Å². The normalized spacial score (nSPS) is 36.0. The van der Waals surface area contributed by atoms with Crippen LogP contribution in [0.15, 0.2) is 11.3 Å². The number of urea groups is 1. The standard InChI is InChI=1S/C21H30N2O5/c1-3-15-18(20(25)27-4-2)16(23-21(26)22-15)10-28-19(24)17-13-6-11-5-12(8-13)9-14(17)7-11/h11-15,17H,3-10H2,1-2H3,(H2,22,23,26)/t11?,12?,13?,14?,15-,17?/m0/s1. The van der Waals surface area contributed by atoms with Crippen molar-refractivity contribution >= 4 is 18.0 Å². The molecule has 4 bridgehead atoms. The molecule has 5 aliphatic rings. The molecule has 4 fully saturated rings. The highest BCUT2D eigenvalue weighted by molar-refractivity contribution is 5.94. The Kier molecular flexibility index (Phi) is 5.34. The van der Waals surface area contributed by atoms with Crippen LogP contribution in [0, 0.1) is 29.6 Å². The second-order valence-corrected chi connectivity index (χ2v) is 8.74. The van der Waals surface area contributed by atoms with Crippen LogP contribution in [0.5, 0.6) is 0 Å². The van der Waals surface area contributed by atoms with Crippen LogP contribution in [0.4, 0.5) is 4.79 Å². The Balaban J connectivity index is 1.47. The number of carbonyl (C=O) groups excluding carboxylic acids is 3. The highest BCUT2D eigenvalue weighted by atomic mass is 16.5. The van der Waals surface area contributed by atoms with Gasteiger partial charge in [-0.25, -0.2) is 9.59 Å². The van der Waals surface area contributed by atoms with E-state index in [4.69, 9.17) is 9.47 Å². The fraction of sp³-hybridized carbons (Fsp3) is 0.762. The molecule has 5 rings (SSSR count). The van der Waals surface area contributed by atoms with Crippen molar-refractivity contribution in [3.8, 4) is 0 Å². The number of esters is 2. The Labute approximate surface area is 165 Å². The summed E-state index contributed by atoms with van der Waals surface area (Å²) < 4.78 is 10.8. The third-order valence-electron chi connectivity index (χ3n) is 7.00. The Morgan fingerprint density at radius 3 is 2.21 bits per heavy atom. The van der Waals surface area contributed by atoms with Gasteiger partial charge in [0.15, 0.2) is 0 Å². The zero-order valence-corrected chi connectivity index (χ0v) is 16.7. The van der Waals surface area contributed by atoms with Gasteiger partial charge in [-0.2, -0.15) is 0 Å². The van der Waals surface area contributed by atoms with Crippen LogP contribution >= 0.6 is 0 Å². The fourth-order valence-electron chi connectivity index (χ4n) is 6.13. The van der Waals surface area contributed by atoms with E-state index in [9.17, 15) is 14.4 Å². The summed E-state index contributed by atoms with van der Waals surface area (Å²) in [5, 5.41) is 5.37. The first-order valence-corrected chi connectivity index (χ1v) is 10.6. The summed E-state index contributed by atoms with van der Waals surface area (Å²) in [6.07, 6.45) is 6.45. The van der Waals surface area contributed by atoms with Crippen molar-refractivity contribution in [2.24, 2.45) is 29.6 Å². The molecule has 4 aliphatic carbocycles. The minimum atomic E-state index is -0.484. The number of rotatable bonds is 6. The largest absolute Gasteiger partial charge is 0.463 e. The van der Waals surface area contributed by atoms with Crippen LogP contribution in [-0.4, -0.2) is 37.2 Å². The van der Waals surface area contributed by atoms with Crippen LogP contribution in [-0.2, 0) is 19.1 Å². The van der Waals surface area contributed by atoms with Crippen molar-refractivity contribution in [2.75, 3.05) is 13.2 Å². The lowest BCUT2D eigenvalue weighted by Crippen LogP contribution is -2.51. The molecule has 0 saturated heterocycles. The molecule has 7 nitrogen and oxygen atoms in total. The SMILES string of the molecule is CCOC(=O)C1=C(COC(=O)C2C3CC4CC(C3)CC2C4)NC(=O)N[C@H]1CC. The molecule has 2 amide bonds. The number of amides is 2. The smallest absolute Gasteiger partial charge is 0.338 e. The molecule has 0 spiro atoms. The third kappa shape index (κ3) is 3.51. The molecule has 1 aliphatic heterocycles. The predicted octanol–water partition coefficient (Wildman–Crippen LogP) is 2.51. The second kappa shape index (κ2) is 7.76. The predicted molar refractivity (Wildman–Crippen MR) is 101 cm³/mol. The highest BCUT2D eigenvalue weighted by Gasteiger charge is 2.51. The molecule has 1 heterocycles. The van der Waals surface area contributed by atoms with Gasteiger partial charge in [0, 0.05) is 0 Å². The van der Waals surface area contributed by atoms with E-state index < -0.39 is 12.0 Å². The minimum absolute atomic E-state index is 0.0289. The molecule has 0 radical (unpaired) electrons. The van der Waals surface area contributed by atoms with Gasteiger partial charge in [-0.3, -0.25) is 4.79 Å². The van der Waals surface area contributed by atoms with Gasteiger partial charge >= 0.3 is 18.0 Å². The zero-order chi connectivity index (χ0) is 19.8. The van der Waals surface area contributed by atoms with Gasteiger partial charge in [0.1, 0.15) is 6.61 Å². The summed E-state index contributed by atoms with van der Waals surface area (Å²) in [6.45, 7) is 3.77. The molecule has 7 heteroatoms. The summed E-state index contributed by atoms with van der Waals surface area (Å²) in [6, 6.07) is -0.830. The van der Waals surface area contributed by atoms with Gasteiger partial charge < -0.3 is 20.1 Å². The zero-order valence-electron chi connectivity index (χ0n) is 16.7. The Hall–Kier alpha value is -2.05. The average Bonchev–Trinajstić information content (AvgIpc) is 2.65. The monoisotopic (exact) mass is 390 g/mol. The van der Waals surface area contributed by atoms with E-state index in [1.165, 1.54) is 6.42 Å². The van der Waals surface area contributed by atoms with Gasteiger partial charge in [0.05, 0.1) is 29.8 Å². The number of hydrogen-bond donors (Lipinski definition) is 2. The number of ether oxygens (including phenoxy) is 2. The lowest BCUT2D eigenvalue weighted by Gasteiger charge is -2.53. The average molecular weight is 390 g/mol. The van der Waals surface area contributed by atoms with E-state index in [2.05, 4.69) is 10.6 Å². The maximum Gasteiger partial charge on any atom is 0.338 e. The maximum atomic E-state index is 12.9. The number of nitrogens with one attached hydrogen (secondary N) is 2.